The zero-order chi connectivity index (χ0) is 25.2. The number of hydrogen-bond donors (Lipinski definition) is 1. The fourth-order valence-corrected chi connectivity index (χ4v) is 3.92. The van der Waals surface area contributed by atoms with E-state index < -0.39 is 17.3 Å². The quantitative estimate of drug-likeness (QED) is 0.390. The molecule has 0 aliphatic heterocycles. The van der Waals surface area contributed by atoms with Gasteiger partial charge in [0.2, 0.25) is 17.8 Å². The Hall–Kier alpha value is -3.95. The molecule has 4 rings (SSSR count). The Kier molecular flexibility index (Phi) is 6.72. The maximum Gasteiger partial charge on any atom is 0.260 e. The van der Waals surface area contributed by atoms with Gasteiger partial charge in [0.1, 0.15) is 6.54 Å². The van der Waals surface area contributed by atoms with Crippen molar-refractivity contribution in [2.24, 2.45) is 16.6 Å². The highest BCUT2D eigenvalue weighted by Gasteiger charge is 2.47. The number of carbonyl (C=O) groups excluding carboxylic acids is 1. The summed E-state index contributed by atoms with van der Waals surface area (Å²) in [7, 11) is 3.31. The Morgan fingerprint density at radius 3 is 2.51 bits per heavy atom. The predicted molar refractivity (Wildman–Crippen MR) is 127 cm³/mol. The maximum atomic E-state index is 14.1. The molecule has 182 valence electrons. The number of aromatic nitrogens is 3. The molecule has 1 aliphatic carbocycles. The van der Waals surface area contributed by atoms with E-state index in [-0.39, 0.29) is 23.9 Å². The number of likely N-dealkylation sites (N-methyl/N-ethyl adjacent to an activating group) is 1. The van der Waals surface area contributed by atoms with E-state index in [4.69, 9.17) is 10.3 Å². The number of hydrogen-bond acceptors (Lipinski definition) is 7. The molecule has 2 heterocycles. The molecule has 0 bridgehead atoms. The highest BCUT2D eigenvalue weighted by Crippen LogP contribution is 2.50. The number of benzene rings is 1. The first-order valence-corrected chi connectivity index (χ1v) is 11.1. The van der Waals surface area contributed by atoms with Crippen LogP contribution in [0.5, 0.6) is 0 Å². The Morgan fingerprint density at radius 1 is 1.20 bits per heavy atom. The van der Waals surface area contributed by atoms with Crippen molar-refractivity contribution in [3.8, 4) is 11.1 Å². The van der Waals surface area contributed by atoms with Crippen LogP contribution in [0.15, 0.2) is 52.1 Å². The van der Waals surface area contributed by atoms with Gasteiger partial charge in [-0.25, -0.2) is 0 Å². The molecule has 0 spiro atoms. The molecule has 1 amide bonds. The molecule has 1 aliphatic rings. The summed E-state index contributed by atoms with van der Waals surface area (Å²) in [6.45, 7) is 2.02. The summed E-state index contributed by atoms with van der Waals surface area (Å²) in [6.07, 6.45) is 4.75. The van der Waals surface area contributed by atoms with Gasteiger partial charge in [-0.05, 0) is 48.9 Å². The summed E-state index contributed by atoms with van der Waals surface area (Å²) >= 11 is 0. The second-order valence-corrected chi connectivity index (χ2v) is 8.83. The Bertz CT molecular complexity index is 1280. The summed E-state index contributed by atoms with van der Waals surface area (Å²) in [5.74, 6) is -0.872. The molecule has 1 saturated carbocycles. The minimum Gasteiger partial charge on any atom is -0.404 e. The normalized spacial score (nSPS) is 15.9. The smallest absolute Gasteiger partial charge is 0.260 e. The van der Waals surface area contributed by atoms with E-state index in [0.717, 1.165) is 24.5 Å². The summed E-state index contributed by atoms with van der Waals surface area (Å²) < 4.78 is 32.8. The first kappa shape index (κ1) is 24.2. The molecular formula is C25H26F2N6O2. The highest BCUT2D eigenvalue weighted by atomic mass is 19.1. The molecule has 0 saturated heterocycles. The van der Waals surface area contributed by atoms with Gasteiger partial charge >= 0.3 is 0 Å². The van der Waals surface area contributed by atoms with Crippen molar-refractivity contribution in [1.82, 2.24) is 20.0 Å². The number of halogens is 2. The van der Waals surface area contributed by atoms with Crippen LogP contribution < -0.4 is 5.73 Å². The standard InChI is InChI=1S/C25H26F2N6O2/c1-25(18-8-9-18,17-6-4-15(5-7-17)19-10-11-20(26)30-22(19)27)24-31-23(35-32-24)16(12-28)13-29-14-21(34)33(2)3/h4-7,10-13,18H,8-9,14,28H2,1-3H3/b16-12+,29-13?. The van der Waals surface area contributed by atoms with Gasteiger partial charge < -0.3 is 15.2 Å². The molecule has 1 fully saturated rings. The Labute approximate surface area is 201 Å². The molecule has 8 nitrogen and oxygen atoms in total. The molecule has 35 heavy (non-hydrogen) atoms. The van der Waals surface area contributed by atoms with Crippen LogP contribution in [-0.4, -0.2) is 52.8 Å². The third-order valence-electron chi connectivity index (χ3n) is 6.28. The molecular weight excluding hydrogens is 454 g/mol. The lowest BCUT2D eigenvalue weighted by molar-refractivity contribution is -0.127. The van der Waals surface area contributed by atoms with Gasteiger partial charge in [-0.1, -0.05) is 29.4 Å². The fourth-order valence-electron chi connectivity index (χ4n) is 3.92. The van der Waals surface area contributed by atoms with Crippen LogP contribution in [-0.2, 0) is 10.2 Å². The molecule has 3 aromatic rings. The van der Waals surface area contributed by atoms with E-state index in [2.05, 4.69) is 20.1 Å². The fraction of sp³-hybridized carbons (Fsp3) is 0.320. The molecule has 1 atom stereocenters. The largest absolute Gasteiger partial charge is 0.404 e. The number of allylic oxidation sites excluding steroid dienone is 1. The average Bonchev–Trinajstić information content (AvgIpc) is 3.59. The lowest BCUT2D eigenvalue weighted by atomic mass is 9.76. The number of nitrogens with zero attached hydrogens (tertiary/aromatic N) is 5. The zero-order valence-corrected chi connectivity index (χ0v) is 19.7. The molecule has 0 radical (unpaired) electrons. The molecule has 2 N–H and O–H groups in total. The van der Waals surface area contributed by atoms with E-state index in [1.165, 1.54) is 23.4 Å². The van der Waals surface area contributed by atoms with Crippen LogP contribution in [0.4, 0.5) is 8.78 Å². The van der Waals surface area contributed by atoms with E-state index in [1.54, 1.807) is 26.2 Å². The lowest BCUT2D eigenvalue weighted by Crippen LogP contribution is -2.28. The third-order valence-corrected chi connectivity index (χ3v) is 6.28. The SMILES string of the molecule is CN(C)C(=O)CN=C/C(=C\N)c1nc(C(C)(c2ccc(-c3ccc(F)nc3F)cc2)C2CC2)no1. The first-order chi connectivity index (χ1) is 16.7. The Balaban J connectivity index is 1.60. The van der Waals surface area contributed by atoms with Gasteiger partial charge in [0.05, 0.1) is 11.0 Å². The predicted octanol–water partition coefficient (Wildman–Crippen LogP) is 3.58. The number of nitrogens with two attached hydrogens (primary N) is 1. The monoisotopic (exact) mass is 480 g/mol. The number of carbonyl (C=O) groups is 1. The average molecular weight is 481 g/mol. The van der Waals surface area contributed by atoms with Crippen molar-refractivity contribution in [3.63, 3.8) is 0 Å². The first-order valence-electron chi connectivity index (χ1n) is 11.1. The topological polar surface area (TPSA) is 110 Å². The van der Waals surface area contributed by atoms with Crippen LogP contribution in [0.25, 0.3) is 16.7 Å². The van der Waals surface area contributed by atoms with Crippen LogP contribution in [0.2, 0.25) is 0 Å². The summed E-state index contributed by atoms with van der Waals surface area (Å²) in [5.41, 5.74) is 7.35. The van der Waals surface area contributed by atoms with Crippen LogP contribution in [0.3, 0.4) is 0 Å². The number of rotatable bonds is 8. The van der Waals surface area contributed by atoms with Crippen molar-refractivity contribution in [2.45, 2.75) is 25.2 Å². The molecule has 10 heteroatoms. The number of pyridine rings is 1. The molecule has 1 unspecified atom stereocenters. The van der Waals surface area contributed by atoms with Gasteiger partial charge in [0, 0.05) is 32.1 Å². The maximum absolute atomic E-state index is 14.1. The van der Waals surface area contributed by atoms with Crippen LogP contribution >= 0.6 is 0 Å². The van der Waals surface area contributed by atoms with E-state index in [1.807, 2.05) is 19.1 Å². The number of aliphatic imine (C=N–C) groups is 1. The van der Waals surface area contributed by atoms with Gasteiger partial charge in [0.25, 0.3) is 5.89 Å². The number of amides is 1. The zero-order valence-electron chi connectivity index (χ0n) is 19.7. The minimum absolute atomic E-state index is 0.0261. The summed E-state index contributed by atoms with van der Waals surface area (Å²) in [4.78, 5) is 25.2. The summed E-state index contributed by atoms with van der Waals surface area (Å²) in [6, 6.07) is 9.82. The molecule has 2 aromatic heterocycles. The van der Waals surface area contributed by atoms with Gasteiger partial charge in [-0.15, -0.1) is 0 Å². The van der Waals surface area contributed by atoms with E-state index in [0.29, 0.717) is 22.9 Å². The van der Waals surface area contributed by atoms with Crippen molar-refractivity contribution >= 4 is 17.7 Å². The van der Waals surface area contributed by atoms with Crippen molar-refractivity contribution in [1.29, 1.82) is 0 Å². The second-order valence-electron chi connectivity index (χ2n) is 8.83. The second kappa shape index (κ2) is 9.73. The third kappa shape index (κ3) is 4.96. The van der Waals surface area contributed by atoms with Gasteiger partial charge in [-0.2, -0.15) is 18.7 Å². The van der Waals surface area contributed by atoms with Gasteiger partial charge in [-0.3, -0.25) is 9.79 Å². The van der Waals surface area contributed by atoms with E-state index in [9.17, 15) is 13.6 Å². The highest BCUT2D eigenvalue weighted by molar-refractivity contribution is 6.08. The van der Waals surface area contributed by atoms with E-state index >= 15 is 0 Å². The lowest BCUT2D eigenvalue weighted by Gasteiger charge is -2.27. The molecule has 1 aromatic carbocycles. The Morgan fingerprint density at radius 2 is 1.91 bits per heavy atom. The van der Waals surface area contributed by atoms with Gasteiger partial charge in [0.15, 0.2) is 5.82 Å². The van der Waals surface area contributed by atoms with Crippen LogP contribution in [0.1, 0.15) is 37.0 Å². The van der Waals surface area contributed by atoms with Crippen molar-refractivity contribution in [2.75, 3.05) is 20.6 Å². The van der Waals surface area contributed by atoms with Crippen molar-refractivity contribution in [3.05, 3.63) is 71.8 Å². The van der Waals surface area contributed by atoms with Crippen LogP contribution in [0, 0.1) is 17.8 Å². The van der Waals surface area contributed by atoms with Crippen molar-refractivity contribution < 1.29 is 18.1 Å². The minimum atomic E-state index is -0.864. The summed E-state index contributed by atoms with van der Waals surface area (Å²) in [5, 5.41) is 4.24.